The van der Waals surface area contributed by atoms with Gasteiger partial charge in [-0.25, -0.2) is 9.48 Å². The number of carbonyl (C=O) groups excluding carboxylic acids is 2. The van der Waals surface area contributed by atoms with Crippen LogP contribution in [0.3, 0.4) is 0 Å². The highest BCUT2D eigenvalue weighted by molar-refractivity contribution is 5.86. The van der Waals surface area contributed by atoms with Crippen LogP contribution in [0.25, 0.3) is 11.8 Å². The number of carbonyl (C=O) groups is 2. The lowest BCUT2D eigenvalue weighted by atomic mass is 9.68. The van der Waals surface area contributed by atoms with E-state index in [2.05, 4.69) is 23.3 Å². The molecule has 0 N–H and O–H groups in total. The van der Waals surface area contributed by atoms with Gasteiger partial charge in [0, 0.05) is 13.1 Å². The Balaban J connectivity index is 1.70. The first kappa shape index (κ1) is 21.2. The third kappa shape index (κ3) is 3.84. The first-order valence-corrected chi connectivity index (χ1v) is 10.5. The average molecular weight is 424 g/mol. The van der Waals surface area contributed by atoms with Gasteiger partial charge in [-0.1, -0.05) is 17.7 Å². The first-order chi connectivity index (χ1) is 14.6. The average Bonchev–Trinajstić information content (AvgIpc) is 3.12. The normalized spacial score (nSPS) is 20.4. The van der Waals surface area contributed by atoms with Gasteiger partial charge in [0.1, 0.15) is 11.0 Å². The number of hydrogen-bond donors (Lipinski definition) is 0. The van der Waals surface area contributed by atoms with E-state index in [9.17, 15) is 9.59 Å². The first-order valence-electron chi connectivity index (χ1n) is 10.5. The number of aryl methyl sites for hydroxylation is 1. The van der Waals surface area contributed by atoms with Crippen molar-refractivity contribution in [1.82, 2.24) is 14.7 Å². The molecule has 0 unspecified atom stereocenters. The Hall–Kier alpha value is -3.09. The maximum Gasteiger partial charge on any atom is 0.410 e. The molecule has 31 heavy (non-hydrogen) atoms. The number of likely N-dealkylation sites (tertiary alicyclic amines) is 1. The number of methoxy groups -OCH3 is 1. The minimum atomic E-state index is -0.919. The maximum absolute atomic E-state index is 13.0. The number of aromatic nitrogens is 2. The zero-order chi connectivity index (χ0) is 22.4. The van der Waals surface area contributed by atoms with Crippen LogP contribution >= 0.6 is 0 Å². The molecule has 0 spiro atoms. The molecule has 2 aliphatic rings. The molecule has 164 valence electrons. The van der Waals surface area contributed by atoms with Gasteiger partial charge in [0.25, 0.3) is 0 Å². The van der Waals surface area contributed by atoms with Crippen molar-refractivity contribution < 1.29 is 19.1 Å². The second-order valence-corrected chi connectivity index (χ2v) is 9.37. The van der Waals surface area contributed by atoms with Crippen molar-refractivity contribution in [2.45, 2.75) is 46.1 Å². The molecule has 0 bridgehead atoms. The van der Waals surface area contributed by atoms with E-state index < -0.39 is 17.1 Å². The Kier molecular flexibility index (Phi) is 5.15. The molecular formula is C24H29N3O4. The van der Waals surface area contributed by atoms with Crippen molar-refractivity contribution in [2.75, 3.05) is 20.2 Å². The van der Waals surface area contributed by atoms with Crippen LogP contribution < -0.4 is 0 Å². The van der Waals surface area contributed by atoms with Gasteiger partial charge in [-0.15, -0.1) is 0 Å². The number of esters is 1. The van der Waals surface area contributed by atoms with Gasteiger partial charge in [-0.05, 0) is 69.9 Å². The SMILES string of the molecule is COC(=O)[C@]12Cc3cnn(-c4ccc(C)cc4)c3C=C1CCN(C(=O)OC(C)(C)C)C2. The molecule has 7 nitrogen and oxygen atoms in total. The Morgan fingerprint density at radius 3 is 2.52 bits per heavy atom. The van der Waals surface area contributed by atoms with E-state index in [1.807, 2.05) is 44.5 Å². The van der Waals surface area contributed by atoms with Crippen LogP contribution in [0.4, 0.5) is 4.79 Å². The van der Waals surface area contributed by atoms with E-state index in [0.717, 1.165) is 22.5 Å². The zero-order valence-electron chi connectivity index (χ0n) is 18.8. The zero-order valence-corrected chi connectivity index (χ0v) is 18.8. The number of hydrogen-bond acceptors (Lipinski definition) is 5. The topological polar surface area (TPSA) is 73.7 Å². The van der Waals surface area contributed by atoms with Crippen molar-refractivity contribution >= 4 is 18.1 Å². The molecule has 2 aromatic rings. The summed E-state index contributed by atoms with van der Waals surface area (Å²) in [5, 5.41) is 4.59. The molecule has 1 aromatic heterocycles. The van der Waals surface area contributed by atoms with Gasteiger partial charge in [0.05, 0.1) is 24.7 Å². The number of rotatable bonds is 2. The Morgan fingerprint density at radius 2 is 1.87 bits per heavy atom. The van der Waals surface area contributed by atoms with E-state index in [4.69, 9.17) is 9.47 Å². The summed E-state index contributed by atoms with van der Waals surface area (Å²) in [5.74, 6) is -0.333. The van der Waals surface area contributed by atoms with E-state index in [1.54, 1.807) is 11.1 Å². The Morgan fingerprint density at radius 1 is 1.16 bits per heavy atom. The highest BCUT2D eigenvalue weighted by Crippen LogP contribution is 2.45. The standard InChI is InChI=1S/C24H29N3O4/c1-16-6-8-19(9-7-16)27-20-12-18-10-11-26(22(29)31-23(2,3)4)15-24(18,21(28)30-5)13-17(20)14-25-27/h6-9,12,14H,10-11,13,15H2,1-5H3/t24-/m0/s1. The van der Waals surface area contributed by atoms with Crippen LogP contribution in [0.1, 0.15) is 44.0 Å². The summed E-state index contributed by atoms with van der Waals surface area (Å²) >= 11 is 0. The van der Waals surface area contributed by atoms with Gasteiger partial charge in [0.2, 0.25) is 0 Å². The van der Waals surface area contributed by atoms with Crippen molar-refractivity contribution in [3.63, 3.8) is 0 Å². The molecule has 0 radical (unpaired) electrons. The molecule has 1 fully saturated rings. The molecule has 1 amide bonds. The van der Waals surface area contributed by atoms with Gasteiger partial charge >= 0.3 is 12.1 Å². The number of fused-ring (bicyclic) bond motifs is 2. The third-order valence-corrected chi connectivity index (χ3v) is 5.92. The van der Waals surface area contributed by atoms with Gasteiger partial charge in [0.15, 0.2) is 0 Å². The molecule has 1 aromatic carbocycles. The van der Waals surface area contributed by atoms with Crippen LogP contribution in [-0.2, 0) is 20.7 Å². The fourth-order valence-electron chi connectivity index (χ4n) is 4.39. The molecule has 1 atom stereocenters. The van der Waals surface area contributed by atoms with E-state index in [1.165, 1.54) is 12.7 Å². The summed E-state index contributed by atoms with van der Waals surface area (Å²) in [5.41, 5.74) is 3.55. The molecule has 1 aliphatic heterocycles. The second-order valence-electron chi connectivity index (χ2n) is 9.37. The maximum atomic E-state index is 13.0. The fraction of sp³-hybridized carbons (Fsp3) is 0.458. The van der Waals surface area contributed by atoms with E-state index in [0.29, 0.717) is 19.4 Å². The van der Waals surface area contributed by atoms with Crippen molar-refractivity contribution in [3.05, 3.63) is 52.9 Å². The molecule has 7 heteroatoms. The van der Waals surface area contributed by atoms with Crippen LogP contribution in [0.2, 0.25) is 0 Å². The minimum absolute atomic E-state index is 0.232. The van der Waals surface area contributed by atoms with Gasteiger partial charge < -0.3 is 14.4 Å². The summed E-state index contributed by atoms with van der Waals surface area (Å²) in [4.78, 5) is 27.4. The monoisotopic (exact) mass is 423 g/mol. The molecule has 0 saturated carbocycles. The summed E-state index contributed by atoms with van der Waals surface area (Å²) < 4.78 is 12.7. The lowest BCUT2D eigenvalue weighted by molar-refractivity contribution is -0.152. The largest absolute Gasteiger partial charge is 0.468 e. The summed E-state index contributed by atoms with van der Waals surface area (Å²) in [6, 6.07) is 8.18. The smallest absolute Gasteiger partial charge is 0.410 e. The molecule has 2 heterocycles. The highest BCUT2D eigenvalue weighted by Gasteiger charge is 2.51. The van der Waals surface area contributed by atoms with Crippen molar-refractivity contribution in [2.24, 2.45) is 5.41 Å². The Bertz CT molecular complexity index is 1050. The minimum Gasteiger partial charge on any atom is -0.468 e. The van der Waals surface area contributed by atoms with Crippen molar-refractivity contribution in [1.29, 1.82) is 0 Å². The number of nitrogens with zero attached hydrogens (tertiary/aromatic N) is 3. The fourth-order valence-corrected chi connectivity index (χ4v) is 4.39. The summed E-state index contributed by atoms with van der Waals surface area (Å²) in [6.45, 7) is 8.28. The number of amides is 1. The number of benzene rings is 1. The van der Waals surface area contributed by atoms with Crippen LogP contribution in [-0.4, -0.2) is 52.5 Å². The van der Waals surface area contributed by atoms with Gasteiger partial charge in [-0.2, -0.15) is 5.10 Å². The van der Waals surface area contributed by atoms with Gasteiger partial charge in [-0.3, -0.25) is 4.79 Å². The van der Waals surface area contributed by atoms with Crippen LogP contribution in [0, 0.1) is 12.3 Å². The number of ether oxygens (including phenoxy) is 2. The third-order valence-electron chi connectivity index (χ3n) is 5.92. The van der Waals surface area contributed by atoms with Crippen molar-refractivity contribution in [3.8, 4) is 5.69 Å². The highest BCUT2D eigenvalue weighted by atomic mass is 16.6. The van der Waals surface area contributed by atoms with E-state index in [-0.39, 0.29) is 12.5 Å². The second kappa shape index (κ2) is 7.55. The molecular weight excluding hydrogens is 394 g/mol. The molecule has 1 saturated heterocycles. The van der Waals surface area contributed by atoms with E-state index >= 15 is 0 Å². The van der Waals surface area contributed by atoms with Crippen LogP contribution in [0.5, 0.6) is 0 Å². The Labute approximate surface area is 182 Å². The summed E-state index contributed by atoms with van der Waals surface area (Å²) in [7, 11) is 1.40. The van der Waals surface area contributed by atoms with Crippen LogP contribution in [0.15, 0.2) is 36.0 Å². The molecule has 4 rings (SSSR count). The quantitative estimate of drug-likeness (QED) is 0.685. The number of piperidine rings is 1. The predicted molar refractivity (Wildman–Crippen MR) is 117 cm³/mol. The lowest BCUT2D eigenvalue weighted by Gasteiger charge is -2.44. The summed E-state index contributed by atoms with van der Waals surface area (Å²) in [6.07, 6.45) is 4.46. The molecule has 1 aliphatic carbocycles. The lowest BCUT2D eigenvalue weighted by Crippen LogP contribution is -2.54. The predicted octanol–water partition coefficient (Wildman–Crippen LogP) is 3.92.